The van der Waals surface area contributed by atoms with Crippen molar-refractivity contribution in [1.29, 1.82) is 0 Å². The molecule has 0 fully saturated rings. The Morgan fingerprint density at radius 3 is 2.19 bits per heavy atom. The van der Waals surface area contributed by atoms with Gasteiger partial charge in [-0.1, -0.05) is 32.3 Å². The number of aryl methyl sites for hydroxylation is 2. The summed E-state index contributed by atoms with van der Waals surface area (Å²) in [6.45, 7) is 12.8. The van der Waals surface area contributed by atoms with Gasteiger partial charge in [-0.25, -0.2) is 0 Å². The SMILES string of the molecule is [CH2]CCCCCc1cc(C)c(C)c(C)c1C. The van der Waals surface area contributed by atoms with E-state index in [0.717, 1.165) is 6.42 Å². The van der Waals surface area contributed by atoms with Crippen LogP contribution in [0.2, 0.25) is 0 Å². The molecule has 0 bridgehead atoms. The highest BCUT2D eigenvalue weighted by Crippen LogP contribution is 2.22. The van der Waals surface area contributed by atoms with Crippen molar-refractivity contribution in [2.75, 3.05) is 0 Å². The summed E-state index contributed by atoms with van der Waals surface area (Å²) < 4.78 is 0. The number of hydrogen-bond donors (Lipinski definition) is 0. The average molecular weight is 217 g/mol. The topological polar surface area (TPSA) is 0 Å². The maximum absolute atomic E-state index is 3.89. The smallest absolute Gasteiger partial charge is 0.0276 e. The maximum atomic E-state index is 3.89. The predicted octanol–water partition coefficient (Wildman–Crippen LogP) is 4.86. The van der Waals surface area contributed by atoms with Crippen molar-refractivity contribution < 1.29 is 0 Å². The standard InChI is InChI=1S/C16H25/c1-6-7-8-9-10-16-11-12(2)13(3)14(4)15(16)5/h11H,1,6-10H2,2-5H3. The van der Waals surface area contributed by atoms with Crippen molar-refractivity contribution in [1.82, 2.24) is 0 Å². The summed E-state index contributed by atoms with van der Waals surface area (Å²) in [5, 5.41) is 0. The highest BCUT2D eigenvalue weighted by molar-refractivity contribution is 5.43. The fourth-order valence-corrected chi connectivity index (χ4v) is 2.22. The lowest BCUT2D eigenvalue weighted by Crippen LogP contribution is -1.98. The Morgan fingerprint density at radius 1 is 0.875 bits per heavy atom. The first kappa shape index (κ1) is 13.3. The van der Waals surface area contributed by atoms with Gasteiger partial charge in [0.1, 0.15) is 0 Å². The van der Waals surface area contributed by atoms with E-state index in [1.807, 2.05) is 0 Å². The van der Waals surface area contributed by atoms with E-state index in [1.54, 1.807) is 5.56 Å². The van der Waals surface area contributed by atoms with Gasteiger partial charge < -0.3 is 0 Å². The van der Waals surface area contributed by atoms with Crippen LogP contribution in [0.5, 0.6) is 0 Å². The summed E-state index contributed by atoms with van der Waals surface area (Å²) >= 11 is 0. The zero-order valence-corrected chi connectivity index (χ0v) is 11.3. The van der Waals surface area contributed by atoms with E-state index in [-0.39, 0.29) is 0 Å². The summed E-state index contributed by atoms with van der Waals surface area (Å²) in [5.41, 5.74) is 7.42. The molecule has 0 saturated carbocycles. The van der Waals surface area contributed by atoms with Gasteiger partial charge in [-0.2, -0.15) is 0 Å². The summed E-state index contributed by atoms with van der Waals surface area (Å²) in [6.07, 6.45) is 6.19. The van der Waals surface area contributed by atoms with Crippen LogP contribution >= 0.6 is 0 Å². The summed E-state index contributed by atoms with van der Waals surface area (Å²) in [4.78, 5) is 0. The summed E-state index contributed by atoms with van der Waals surface area (Å²) in [6, 6.07) is 2.38. The molecule has 16 heavy (non-hydrogen) atoms. The Morgan fingerprint density at radius 2 is 1.56 bits per heavy atom. The van der Waals surface area contributed by atoms with E-state index in [1.165, 1.54) is 47.9 Å². The van der Waals surface area contributed by atoms with Crippen molar-refractivity contribution >= 4 is 0 Å². The third-order valence-electron chi connectivity index (χ3n) is 3.79. The van der Waals surface area contributed by atoms with Crippen LogP contribution in [0.25, 0.3) is 0 Å². The first-order valence-electron chi connectivity index (χ1n) is 6.43. The minimum atomic E-state index is 1.07. The van der Waals surface area contributed by atoms with E-state index < -0.39 is 0 Å². The first-order valence-corrected chi connectivity index (χ1v) is 6.43. The summed E-state index contributed by atoms with van der Waals surface area (Å²) in [7, 11) is 0. The lowest BCUT2D eigenvalue weighted by molar-refractivity contribution is 0.684. The van der Waals surface area contributed by atoms with Crippen LogP contribution in [-0.2, 0) is 6.42 Å². The normalized spacial score (nSPS) is 10.8. The van der Waals surface area contributed by atoms with Crippen LogP contribution in [0.1, 0.15) is 53.5 Å². The lowest BCUT2D eigenvalue weighted by Gasteiger charge is -2.14. The van der Waals surface area contributed by atoms with Gasteiger partial charge in [0.2, 0.25) is 0 Å². The van der Waals surface area contributed by atoms with Gasteiger partial charge in [-0.3, -0.25) is 0 Å². The Balaban J connectivity index is 2.73. The molecule has 1 radical (unpaired) electrons. The van der Waals surface area contributed by atoms with Crippen molar-refractivity contribution in [2.24, 2.45) is 0 Å². The number of rotatable bonds is 5. The molecule has 0 N–H and O–H groups in total. The predicted molar refractivity (Wildman–Crippen MR) is 72.9 cm³/mol. The van der Waals surface area contributed by atoms with Crippen LogP contribution in [0.15, 0.2) is 6.07 Å². The summed E-state index contributed by atoms with van der Waals surface area (Å²) in [5.74, 6) is 0. The molecule has 0 heteroatoms. The van der Waals surface area contributed by atoms with Gasteiger partial charge in [0.05, 0.1) is 0 Å². The second-order valence-electron chi connectivity index (χ2n) is 4.89. The number of benzene rings is 1. The molecule has 0 aliphatic heterocycles. The van der Waals surface area contributed by atoms with Crippen molar-refractivity contribution in [2.45, 2.75) is 59.8 Å². The first-order chi connectivity index (χ1) is 7.57. The third-order valence-corrected chi connectivity index (χ3v) is 3.79. The Kier molecular flexibility index (Phi) is 5.05. The quantitative estimate of drug-likeness (QED) is 0.618. The van der Waals surface area contributed by atoms with Crippen LogP contribution in [0, 0.1) is 34.6 Å². The van der Waals surface area contributed by atoms with E-state index in [4.69, 9.17) is 0 Å². The number of hydrogen-bond acceptors (Lipinski definition) is 0. The van der Waals surface area contributed by atoms with Crippen LogP contribution in [-0.4, -0.2) is 0 Å². The van der Waals surface area contributed by atoms with Gasteiger partial charge in [-0.15, -0.1) is 0 Å². The van der Waals surface area contributed by atoms with Crippen molar-refractivity contribution in [3.8, 4) is 0 Å². The van der Waals surface area contributed by atoms with Gasteiger partial charge >= 0.3 is 0 Å². The van der Waals surface area contributed by atoms with Crippen molar-refractivity contribution in [3.63, 3.8) is 0 Å². The highest BCUT2D eigenvalue weighted by atomic mass is 14.1. The van der Waals surface area contributed by atoms with E-state index in [2.05, 4.69) is 40.7 Å². The van der Waals surface area contributed by atoms with Crippen LogP contribution in [0.3, 0.4) is 0 Å². The molecule has 0 spiro atoms. The molecule has 0 aliphatic carbocycles. The molecule has 0 aliphatic rings. The molecular weight excluding hydrogens is 192 g/mol. The second-order valence-corrected chi connectivity index (χ2v) is 4.89. The van der Waals surface area contributed by atoms with E-state index in [0.29, 0.717) is 0 Å². The fraction of sp³-hybridized carbons (Fsp3) is 0.562. The molecule has 1 rings (SSSR count). The monoisotopic (exact) mass is 217 g/mol. The lowest BCUT2D eigenvalue weighted by atomic mass is 9.92. The molecule has 0 unspecified atom stereocenters. The van der Waals surface area contributed by atoms with Crippen LogP contribution < -0.4 is 0 Å². The zero-order valence-electron chi connectivity index (χ0n) is 11.3. The maximum Gasteiger partial charge on any atom is -0.0276 e. The minimum absolute atomic E-state index is 1.07. The van der Waals surface area contributed by atoms with E-state index >= 15 is 0 Å². The highest BCUT2D eigenvalue weighted by Gasteiger charge is 2.06. The van der Waals surface area contributed by atoms with Gasteiger partial charge in [0.25, 0.3) is 0 Å². The van der Waals surface area contributed by atoms with Gasteiger partial charge in [-0.05, 0) is 68.4 Å². The molecule has 0 heterocycles. The fourth-order valence-electron chi connectivity index (χ4n) is 2.22. The molecule has 0 aromatic heterocycles. The molecule has 0 atom stereocenters. The van der Waals surface area contributed by atoms with Crippen LogP contribution in [0.4, 0.5) is 0 Å². The van der Waals surface area contributed by atoms with Gasteiger partial charge in [0, 0.05) is 0 Å². The molecule has 0 amide bonds. The second kappa shape index (κ2) is 6.08. The Labute approximate surface area is 101 Å². The molecule has 1 aromatic carbocycles. The average Bonchev–Trinajstić information content (AvgIpc) is 2.28. The Hall–Kier alpha value is -0.780. The minimum Gasteiger partial charge on any atom is -0.0556 e. The molecule has 1 aromatic rings. The molecule has 0 nitrogen and oxygen atoms in total. The van der Waals surface area contributed by atoms with Gasteiger partial charge in [0.15, 0.2) is 0 Å². The molecule has 0 saturated heterocycles. The number of unbranched alkanes of at least 4 members (excludes halogenated alkanes) is 3. The Bertz CT molecular complexity index is 348. The largest absolute Gasteiger partial charge is 0.0556 e. The molecule has 89 valence electrons. The van der Waals surface area contributed by atoms with E-state index in [9.17, 15) is 0 Å². The van der Waals surface area contributed by atoms with Crippen molar-refractivity contribution in [3.05, 3.63) is 40.8 Å². The zero-order chi connectivity index (χ0) is 12.1. The molecular formula is C16H25. The third kappa shape index (κ3) is 3.10.